The molecule has 1 aliphatic rings. The highest BCUT2D eigenvalue weighted by Gasteiger charge is 2.13. The summed E-state index contributed by atoms with van der Waals surface area (Å²) >= 11 is 0. The Kier molecular flexibility index (Phi) is 8.22. The number of halogens is 2. The third kappa shape index (κ3) is 5.94. The largest absolute Gasteiger partial charge is 0.493 e. The van der Waals surface area contributed by atoms with Crippen LogP contribution in [0, 0.1) is 5.82 Å². The van der Waals surface area contributed by atoms with Crippen LogP contribution in [-0.4, -0.2) is 61.4 Å². The number of morpholine rings is 1. The number of anilines is 2. The quantitative estimate of drug-likeness (QED) is 0.521. The van der Waals surface area contributed by atoms with E-state index in [0.29, 0.717) is 23.9 Å². The normalized spacial score (nSPS) is 14.1. The van der Waals surface area contributed by atoms with Gasteiger partial charge < -0.3 is 19.5 Å². The molecule has 0 aliphatic carbocycles. The summed E-state index contributed by atoms with van der Waals surface area (Å²) in [6.07, 6.45) is 2.39. The molecule has 3 aromatic rings. The van der Waals surface area contributed by atoms with Gasteiger partial charge in [-0.05, 0) is 36.8 Å². The molecule has 0 unspecified atom stereocenters. The minimum Gasteiger partial charge on any atom is -0.493 e. The second-order valence-electron chi connectivity index (χ2n) is 7.03. The average molecular weight is 449 g/mol. The first-order chi connectivity index (χ1) is 14.7. The molecule has 0 amide bonds. The van der Waals surface area contributed by atoms with E-state index in [1.54, 1.807) is 19.2 Å². The van der Waals surface area contributed by atoms with E-state index in [1.807, 2.05) is 12.1 Å². The molecule has 1 aromatic heterocycles. The van der Waals surface area contributed by atoms with Crippen molar-refractivity contribution in [3.63, 3.8) is 0 Å². The summed E-state index contributed by atoms with van der Waals surface area (Å²) in [5.74, 6) is 1.60. The second kappa shape index (κ2) is 11.1. The molecule has 1 N–H and O–H groups in total. The minimum atomic E-state index is -0.286. The zero-order valence-electron chi connectivity index (χ0n) is 17.3. The molecule has 0 atom stereocenters. The number of ether oxygens (including phenoxy) is 3. The number of nitrogens with one attached hydrogen (secondary N) is 1. The number of nitrogens with zero attached hydrogens (tertiary/aromatic N) is 3. The Labute approximate surface area is 186 Å². The molecule has 0 radical (unpaired) electrons. The van der Waals surface area contributed by atoms with E-state index in [2.05, 4.69) is 20.2 Å². The summed E-state index contributed by atoms with van der Waals surface area (Å²) < 4.78 is 30.1. The highest BCUT2D eigenvalue weighted by molar-refractivity contribution is 5.93. The highest BCUT2D eigenvalue weighted by Crippen LogP contribution is 2.34. The topological polar surface area (TPSA) is 68.7 Å². The predicted octanol–water partition coefficient (Wildman–Crippen LogP) is 4.04. The molecular weight excluding hydrogens is 423 g/mol. The first kappa shape index (κ1) is 23.0. The fraction of sp³-hybridized carbons (Fsp3) is 0.364. The van der Waals surface area contributed by atoms with Crippen molar-refractivity contribution >= 4 is 34.8 Å². The average Bonchev–Trinajstić information content (AvgIpc) is 2.78. The number of hydrogen-bond donors (Lipinski definition) is 1. The molecule has 166 valence electrons. The van der Waals surface area contributed by atoms with Crippen LogP contribution in [0.25, 0.3) is 10.9 Å². The lowest BCUT2D eigenvalue weighted by molar-refractivity contribution is 0.0357. The summed E-state index contributed by atoms with van der Waals surface area (Å²) in [5.41, 5.74) is 1.47. The maximum Gasteiger partial charge on any atom is 0.162 e. The molecule has 1 saturated heterocycles. The van der Waals surface area contributed by atoms with Crippen LogP contribution in [0.1, 0.15) is 6.42 Å². The van der Waals surface area contributed by atoms with Crippen LogP contribution in [0.4, 0.5) is 15.9 Å². The van der Waals surface area contributed by atoms with Crippen molar-refractivity contribution in [2.45, 2.75) is 6.42 Å². The number of aromatic nitrogens is 2. The first-order valence-corrected chi connectivity index (χ1v) is 10.0. The van der Waals surface area contributed by atoms with Crippen LogP contribution in [0.3, 0.4) is 0 Å². The van der Waals surface area contributed by atoms with Crippen LogP contribution < -0.4 is 14.8 Å². The van der Waals surface area contributed by atoms with Gasteiger partial charge in [0.1, 0.15) is 18.0 Å². The van der Waals surface area contributed by atoms with E-state index in [9.17, 15) is 4.39 Å². The fourth-order valence-corrected chi connectivity index (χ4v) is 3.40. The Morgan fingerprint density at radius 2 is 1.87 bits per heavy atom. The molecule has 2 aromatic carbocycles. The Morgan fingerprint density at radius 3 is 2.61 bits per heavy atom. The van der Waals surface area contributed by atoms with Crippen molar-refractivity contribution in [3.8, 4) is 11.5 Å². The van der Waals surface area contributed by atoms with Crippen LogP contribution in [0.2, 0.25) is 0 Å². The summed E-state index contributed by atoms with van der Waals surface area (Å²) in [6.45, 7) is 5.07. The van der Waals surface area contributed by atoms with Crippen LogP contribution in [-0.2, 0) is 4.74 Å². The second-order valence-corrected chi connectivity index (χ2v) is 7.03. The van der Waals surface area contributed by atoms with Gasteiger partial charge in [0.25, 0.3) is 0 Å². The smallest absolute Gasteiger partial charge is 0.162 e. The molecule has 0 spiro atoms. The lowest BCUT2D eigenvalue weighted by Gasteiger charge is -2.26. The standard InChI is InChI=1S/C22H25FN4O3.ClH/c1-28-20-14-19-18(13-21(20)30-10-2-7-27-8-11-29-12-9-27)22(25-15-24-19)26-17-5-3-16(23)4-6-17;/h3-6,13-15H,2,7-12H2,1H3,(H,24,25,26);1H. The van der Waals surface area contributed by atoms with Gasteiger partial charge in [0, 0.05) is 36.8 Å². The van der Waals surface area contributed by atoms with Crippen molar-refractivity contribution in [2.24, 2.45) is 0 Å². The van der Waals surface area contributed by atoms with Crippen molar-refractivity contribution in [2.75, 3.05) is 51.9 Å². The van der Waals surface area contributed by atoms with Crippen LogP contribution in [0.15, 0.2) is 42.7 Å². The van der Waals surface area contributed by atoms with Crippen molar-refractivity contribution in [1.82, 2.24) is 14.9 Å². The summed E-state index contributed by atoms with van der Waals surface area (Å²) in [6, 6.07) is 9.85. The molecule has 1 aliphatic heterocycles. The Hall–Kier alpha value is -2.68. The monoisotopic (exact) mass is 448 g/mol. The zero-order chi connectivity index (χ0) is 20.8. The lowest BCUT2D eigenvalue weighted by atomic mass is 10.2. The van der Waals surface area contributed by atoms with E-state index in [1.165, 1.54) is 18.5 Å². The molecule has 4 rings (SSSR count). The first-order valence-electron chi connectivity index (χ1n) is 10.0. The molecule has 0 saturated carbocycles. The fourth-order valence-electron chi connectivity index (χ4n) is 3.40. The lowest BCUT2D eigenvalue weighted by Crippen LogP contribution is -2.37. The molecule has 0 bridgehead atoms. The molecule has 2 heterocycles. The number of methoxy groups -OCH3 is 1. The molecule has 1 fully saturated rings. The third-order valence-corrected chi connectivity index (χ3v) is 5.01. The number of hydrogen-bond acceptors (Lipinski definition) is 7. The maximum absolute atomic E-state index is 13.2. The van der Waals surface area contributed by atoms with Crippen molar-refractivity contribution in [3.05, 3.63) is 48.5 Å². The van der Waals surface area contributed by atoms with E-state index in [4.69, 9.17) is 14.2 Å². The summed E-state index contributed by atoms with van der Waals surface area (Å²) in [4.78, 5) is 11.1. The maximum atomic E-state index is 13.2. The van der Waals surface area contributed by atoms with Gasteiger partial charge in [-0.25, -0.2) is 14.4 Å². The Bertz CT molecular complexity index is 984. The molecule has 31 heavy (non-hydrogen) atoms. The van der Waals surface area contributed by atoms with Gasteiger partial charge in [-0.1, -0.05) is 0 Å². The van der Waals surface area contributed by atoms with Gasteiger partial charge in [0.15, 0.2) is 11.5 Å². The van der Waals surface area contributed by atoms with E-state index >= 15 is 0 Å². The van der Waals surface area contributed by atoms with Gasteiger partial charge in [0.05, 0.1) is 32.4 Å². The molecular formula is C22H26ClFN4O3. The predicted molar refractivity (Wildman–Crippen MR) is 120 cm³/mol. The number of rotatable bonds is 8. The SMILES string of the molecule is COc1cc2ncnc(Nc3ccc(F)cc3)c2cc1OCCCN1CCOCC1.Cl. The number of benzene rings is 2. The van der Waals surface area contributed by atoms with Gasteiger partial charge in [-0.15, -0.1) is 12.4 Å². The highest BCUT2D eigenvalue weighted by atomic mass is 35.5. The minimum absolute atomic E-state index is 0. The van der Waals surface area contributed by atoms with E-state index < -0.39 is 0 Å². The number of fused-ring (bicyclic) bond motifs is 1. The van der Waals surface area contributed by atoms with Crippen molar-refractivity contribution in [1.29, 1.82) is 0 Å². The Morgan fingerprint density at radius 1 is 1.10 bits per heavy atom. The Balaban J connectivity index is 0.00000272. The van der Waals surface area contributed by atoms with Crippen LogP contribution in [0.5, 0.6) is 11.5 Å². The van der Waals surface area contributed by atoms with Crippen molar-refractivity contribution < 1.29 is 18.6 Å². The van der Waals surface area contributed by atoms with E-state index in [-0.39, 0.29) is 18.2 Å². The summed E-state index contributed by atoms with van der Waals surface area (Å²) in [5, 5.41) is 4.01. The van der Waals surface area contributed by atoms with Gasteiger partial charge >= 0.3 is 0 Å². The third-order valence-electron chi connectivity index (χ3n) is 5.01. The van der Waals surface area contributed by atoms with Gasteiger partial charge in [-0.2, -0.15) is 0 Å². The van der Waals surface area contributed by atoms with Gasteiger partial charge in [0.2, 0.25) is 0 Å². The molecule has 9 heteroatoms. The zero-order valence-corrected chi connectivity index (χ0v) is 18.2. The van der Waals surface area contributed by atoms with Gasteiger partial charge in [-0.3, -0.25) is 4.90 Å². The van der Waals surface area contributed by atoms with Crippen LogP contribution >= 0.6 is 12.4 Å². The molecule has 7 nitrogen and oxygen atoms in total. The summed E-state index contributed by atoms with van der Waals surface area (Å²) in [7, 11) is 1.61. The van der Waals surface area contributed by atoms with E-state index in [0.717, 1.165) is 55.9 Å².